The van der Waals surface area contributed by atoms with Gasteiger partial charge in [-0.15, -0.1) is 0 Å². The average molecular weight is 115 g/mol. The summed E-state index contributed by atoms with van der Waals surface area (Å²) in [6.07, 6.45) is 0. The van der Waals surface area contributed by atoms with Crippen LogP contribution < -0.4 is 10.4 Å². The van der Waals surface area contributed by atoms with Crippen molar-refractivity contribution in [2.24, 2.45) is 0 Å². The van der Waals surface area contributed by atoms with Crippen LogP contribution in [-0.2, 0) is 0 Å². The van der Waals surface area contributed by atoms with Crippen LogP contribution >= 0.6 is 0 Å². The molecule has 0 aromatic heterocycles. The highest BCUT2D eigenvalue weighted by Crippen LogP contribution is 1.76. The monoisotopic (exact) mass is 115 g/mol. The van der Waals surface area contributed by atoms with E-state index in [1.165, 1.54) is 0 Å². The smallest absolute Gasteiger partial charge is 0.0986 e. The molecule has 0 amide bonds. The predicted molar refractivity (Wildman–Crippen MR) is 30.5 cm³/mol. The first-order valence-corrected chi connectivity index (χ1v) is 2.96. The largest absolute Gasteiger partial charge is 0.634 e. The van der Waals surface area contributed by atoms with Gasteiger partial charge >= 0.3 is 0 Å². The van der Waals surface area contributed by atoms with Crippen molar-refractivity contribution in [3.05, 3.63) is 5.21 Å². The van der Waals surface area contributed by atoms with E-state index in [1.54, 1.807) is 0 Å². The highest BCUT2D eigenvalue weighted by atomic mass is 16.5. The second-order valence-electron chi connectivity index (χ2n) is 2.25. The Labute approximate surface area is 49.3 Å². The second-order valence-corrected chi connectivity index (χ2v) is 2.25. The number of hydrogen-bond acceptors (Lipinski definition) is 1. The normalized spacial score (nSPS) is 39.8. The molecule has 0 aromatic carbocycles. The minimum atomic E-state index is 0.198. The summed E-state index contributed by atoms with van der Waals surface area (Å²) in [6, 6.07) is 0.198. The number of piperazine rings is 1. The molecule has 0 aromatic rings. The highest BCUT2D eigenvalue weighted by molar-refractivity contribution is 4.58. The fourth-order valence-corrected chi connectivity index (χ4v) is 0.822. The molecule has 0 spiro atoms. The maximum atomic E-state index is 10.7. The van der Waals surface area contributed by atoms with Gasteiger partial charge in [-0.3, -0.25) is 0 Å². The Morgan fingerprint density at radius 1 is 1.75 bits per heavy atom. The third-order valence-corrected chi connectivity index (χ3v) is 1.47. The van der Waals surface area contributed by atoms with E-state index in [1.807, 2.05) is 6.92 Å². The van der Waals surface area contributed by atoms with Crippen molar-refractivity contribution in [3.8, 4) is 0 Å². The van der Waals surface area contributed by atoms with E-state index in [2.05, 4.69) is 5.32 Å². The molecule has 3 nitrogen and oxygen atoms in total. The number of nitrogens with one attached hydrogen (secondary N) is 1. The summed E-state index contributed by atoms with van der Waals surface area (Å²) in [5.74, 6) is 0. The van der Waals surface area contributed by atoms with Gasteiger partial charge in [0.15, 0.2) is 0 Å². The minimum Gasteiger partial charge on any atom is -0.634 e. The fraction of sp³-hybridized carbons (Fsp3) is 1.00. The van der Waals surface area contributed by atoms with Gasteiger partial charge in [0.25, 0.3) is 0 Å². The molecule has 1 aliphatic heterocycles. The number of hydroxylamine groups is 2. The van der Waals surface area contributed by atoms with Crippen molar-refractivity contribution in [3.63, 3.8) is 0 Å². The Morgan fingerprint density at radius 3 is 2.88 bits per heavy atom. The lowest BCUT2D eigenvalue weighted by molar-refractivity contribution is -0.875. The van der Waals surface area contributed by atoms with Crippen LogP contribution in [0.4, 0.5) is 0 Å². The van der Waals surface area contributed by atoms with E-state index in [9.17, 15) is 5.21 Å². The van der Waals surface area contributed by atoms with Gasteiger partial charge in [0.2, 0.25) is 0 Å². The molecular weight excluding hydrogens is 104 g/mol. The standard InChI is InChI=1S/C5H11N2O/c1-5-4-6-2-3-7(5)8/h5,7H,2-4H2,1H3. The fourth-order valence-electron chi connectivity index (χ4n) is 0.822. The molecule has 1 N–H and O–H groups in total. The topological polar surface area (TPSA) is 41.6 Å². The molecule has 1 radical (unpaired) electrons. The summed E-state index contributed by atoms with van der Waals surface area (Å²) in [5, 5.41) is 15.2. The molecular formula is C5H11N2O. The van der Waals surface area contributed by atoms with Crippen LogP contribution in [0.5, 0.6) is 0 Å². The molecule has 1 saturated heterocycles. The van der Waals surface area contributed by atoms with E-state index < -0.39 is 0 Å². The summed E-state index contributed by atoms with van der Waals surface area (Å²) in [7, 11) is 0. The number of hydrogen-bond donors (Lipinski definition) is 1. The van der Waals surface area contributed by atoms with Crippen molar-refractivity contribution in [2.75, 3.05) is 19.6 Å². The molecule has 1 heterocycles. The van der Waals surface area contributed by atoms with Gasteiger partial charge in [0, 0.05) is 0 Å². The summed E-state index contributed by atoms with van der Waals surface area (Å²) in [6.45, 7) is 4.11. The number of rotatable bonds is 0. The zero-order chi connectivity index (χ0) is 5.98. The predicted octanol–water partition coefficient (Wildman–Crippen LogP) is -1.62. The van der Waals surface area contributed by atoms with Gasteiger partial charge in [-0.05, 0) is 6.92 Å². The van der Waals surface area contributed by atoms with E-state index in [0.717, 1.165) is 13.1 Å². The Bertz CT molecular complexity index is 66.8. The first-order valence-electron chi connectivity index (χ1n) is 2.96. The number of quaternary nitrogens is 1. The summed E-state index contributed by atoms with van der Waals surface area (Å²) in [4.78, 5) is 0. The van der Waals surface area contributed by atoms with Crippen molar-refractivity contribution in [2.45, 2.75) is 13.0 Å². The summed E-state index contributed by atoms with van der Waals surface area (Å²) in [5.41, 5.74) is 0. The molecule has 1 fully saturated rings. The Morgan fingerprint density at radius 2 is 2.50 bits per heavy atom. The molecule has 8 heavy (non-hydrogen) atoms. The molecule has 0 saturated carbocycles. The van der Waals surface area contributed by atoms with Crippen molar-refractivity contribution < 1.29 is 5.06 Å². The van der Waals surface area contributed by atoms with Gasteiger partial charge in [-0.2, -0.15) is 0 Å². The van der Waals surface area contributed by atoms with Crippen LogP contribution in [0, 0.1) is 5.21 Å². The van der Waals surface area contributed by atoms with Crippen LogP contribution in [0.1, 0.15) is 6.92 Å². The lowest BCUT2D eigenvalue weighted by Gasteiger charge is -2.32. The quantitative estimate of drug-likeness (QED) is 0.379. The van der Waals surface area contributed by atoms with Crippen LogP contribution in [0.25, 0.3) is 0 Å². The first-order chi connectivity index (χ1) is 3.80. The second kappa shape index (κ2) is 2.44. The molecule has 0 aliphatic carbocycles. The molecule has 1 aliphatic rings. The van der Waals surface area contributed by atoms with Gasteiger partial charge < -0.3 is 10.3 Å². The Balaban J connectivity index is 2.28. The van der Waals surface area contributed by atoms with Crippen molar-refractivity contribution >= 4 is 0 Å². The maximum Gasteiger partial charge on any atom is 0.0986 e. The lowest BCUT2D eigenvalue weighted by atomic mass is 10.3. The van der Waals surface area contributed by atoms with Gasteiger partial charge in [0.05, 0.1) is 25.7 Å². The lowest BCUT2D eigenvalue weighted by Crippen LogP contribution is -3.13. The number of nitrogens with zero attached hydrogens (tertiary/aromatic N) is 1. The molecule has 1 rings (SSSR count). The Kier molecular flexibility index (Phi) is 1.83. The minimum absolute atomic E-state index is 0.198. The van der Waals surface area contributed by atoms with Gasteiger partial charge in [-0.25, -0.2) is 5.32 Å². The van der Waals surface area contributed by atoms with E-state index >= 15 is 0 Å². The van der Waals surface area contributed by atoms with Crippen molar-refractivity contribution in [1.82, 2.24) is 5.32 Å². The highest BCUT2D eigenvalue weighted by Gasteiger charge is 2.13. The van der Waals surface area contributed by atoms with Crippen LogP contribution in [0.3, 0.4) is 0 Å². The zero-order valence-electron chi connectivity index (χ0n) is 5.05. The molecule has 3 heteroatoms. The molecule has 0 bridgehead atoms. The maximum absolute atomic E-state index is 10.7. The SMILES string of the molecule is CC1C[N]CC[NH+]1[O-]. The first kappa shape index (κ1) is 6.01. The molecule has 2 unspecified atom stereocenters. The van der Waals surface area contributed by atoms with E-state index in [4.69, 9.17) is 0 Å². The van der Waals surface area contributed by atoms with E-state index in [-0.39, 0.29) is 6.04 Å². The zero-order valence-corrected chi connectivity index (χ0v) is 5.05. The summed E-state index contributed by atoms with van der Waals surface area (Å²) >= 11 is 0. The van der Waals surface area contributed by atoms with Crippen LogP contribution in [0.15, 0.2) is 0 Å². The molecule has 47 valence electrons. The van der Waals surface area contributed by atoms with Crippen molar-refractivity contribution in [1.29, 1.82) is 0 Å². The third-order valence-electron chi connectivity index (χ3n) is 1.47. The van der Waals surface area contributed by atoms with Gasteiger partial charge in [-0.1, -0.05) is 0 Å². The summed E-state index contributed by atoms with van der Waals surface area (Å²) < 4.78 is 0. The molecule has 2 atom stereocenters. The third kappa shape index (κ3) is 1.18. The van der Waals surface area contributed by atoms with Crippen LogP contribution in [-0.4, -0.2) is 25.7 Å². The van der Waals surface area contributed by atoms with Gasteiger partial charge in [0.1, 0.15) is 0 Å². The van der Waals surface area contributed by atoms with Crippen LogP contribution in [0.2, 0.25) is 0 Å². The Hall–Kier alpha value is -0.120. The van der Waals surface area contributed by atoms with E-state index in [0.29, 0.717) is 11.6 Å². The average Bonchev–Trinajstić information content (AvgIpc) is 1.77.